The van der Waals surface area contributed by atoms with Crippen LogP contribution in [0.4, 0.5) is 0 Å². The summed E-state index contributed by atoms with van der Waals surface area (Å²) < 4.78 is 5.44. The molecule has 1 aliphatic rings. The van der Waals surface area contributed by atoms with E-state index in [1.807, 2.05) is 19.1 Å². The van der Waals surface area contributed by atoms with E-state index in [-0.39, 0.29) is 12.0 Å². The molecule has 1 aromatic rings. The maximum atomic E-state index is 9.70. The fourth-order valence-corrected chi connectivity index (χ4v) is 2.61. The number of rotatable bonds is 4. The van der Waals surface area contributed by atoms with Crippen LogP contribution in [0.2, 0.25) is 0 Å². The third-order valence-corrected chi connectivity index (χ3v) is 3.63. The van der Waals surface area contributed by atoms with Crippen LogP contribution in [0.5, 0.6) is 5.75 Å². The van der Waals surface area contributed by atoms with E-state index < -0.39 is 0 Å². The first-order valence-corrected chi connectivity index (χ1v) is 6.23. The molecule has 0 spiro atoms. The number of likely N-dealkylation sites (tertiary alicyclic amines) is 1. The molecular weight excluding hydrogens is 214 g/mol. The number of benzene rings is 1. The summed E-state index contributed by atoms with van der Waals surface area (Å²) in [6.07, 6.45) is 1.02. The highest BCUT2D eigenvalue weighted by Gasteiger charge is 2.37. The average Bonchev–Trinajstić information content (AvgIpc) is 2.74. The topological polar surface area (TPSA) is 32.7 Å². The fourth-order valence-electron chi connectivity index (χ4n) is 2.61. The molecule has 0 aromatic heterocycles. The minimum absolute atomic E-state index is 0.0838. The van der Waals surface area contributed by atoms with E-state index in [1.165, 1.54) is 5.56 Å². The first-order chi connectivity index (χ1) is 8.20. The van der Waals surface area contributed by atoms with Gasteiger partial charge >= 0.3 is 0 Å². The Morgan fingerprint density at radius 3 is 2.53 bits per heavy atom. The molecule has 0 bridgehead atoms. The molecule has 0 saturated carbocycles. The lowest BCUT2D eigenvalue weighted by molar-refractivity contribution is 0.195. The van der Waals surface area contributed by atoms with Crippen molar-refractivity contribution in [2.45, 2.75) is 18.8 Å². The minimum atomic E-state index is -0.0838. The van der Waals surface area contributed by atoms with Gasteiger partial charge in [0.2, 0.25) is 0 Å². The van der Waals surface area contributed by atoms with Gasteiger partial charge in [-0.3, -0.25) is 0 Å². The van der Waals surface area contributed by atoms with Crippen LogP contribution in [0.15, 0.2) is 24.3 Å². The molecule has 1 saturated heterocycles. The van der Waals surface area contributed by atoms with Gasteiger partial charge in [-0.15, -0.1) is 0 Å². The number of nitrogens with zero attached hydrogens (tertiary/aromatic N) is 1. The summed E-state index contributed by atoms with van der Waals surface area (Å²) in [7, 11) is 2.10. The van der Waals surface area contributed by atoms with E-state index in [1.54, 1.807) is 0 Å². The number of hydrogen-bond acceptors (Lipinski definition) is 3. The Balaban J connectivity index is 2.20. The van der Waals surface area contributed by atoms with Crippen molar-refractivity contribution >= 4 is 0 Å². The SMILES string of the molecule is CCOc1ccc(C2(CO)CCN(C)C2)cc1. The summed E-state index contributed by atoms with van der Waals surface area (Å²) in [5.74, 6) is 0.899. The lowest BCUT2D eigenvalue weighted by atomic mass is 9.80. The smallest absolute Gasteiger partial charge is 0.119 e. The molecule has 1 aliphatic heterocycles. The van der Waals surface area contributed by atoms with Gasteiger partial charge in [0.15, 0.2) is 0 Å². The van der Waals surface area contributed by atoms with Crippen molar-refractivity contribution in [3.05, 3.63) is 29.8 Å². The monoisotopic (exact) mass is 235 g/mol. The van der Waals surface area contributed by atoms with Gasteiger partial charge in [0.1, 0.15) is 5.75 Å². The molecule has 1 aromatic carbocycles. The molecule has 2 rings (SSSR count). The van der Waals surface area contributed by atoms with E-state index in [9.17, 15) is 5.11 Å². The molecule has 1 atom stereocenters. The molecule has 0 radical (unpaired) electrons. The van der Waals surface area contributed by atoms with Crippen molar-refractivity contribution in [2.24, 2.45) is 0 Å². The van der Waals surface area contributed by atoms with Gasteiger partial charge in [0.05, 0.1) is 13.2 Å². The van der Waals surface area contributed by atoms with Crippen molar-refractivity contribution in [1.29, 1.82) is 0 Å². The van der Waals surface area contributed by atoms with Crippen molar-refractivity contribution in [1.82, 2.24) is 4.90 Å². The maximum Gasteiger partial charge on any atom is 0.119 e. The molecule has 1 unspecified atom stereocenters. The van der Waals surface area contributed by atoms with Gasteiger partial charge in [-0.25, -0.2) is 0 Å². The van der Waals surface area contributed by atoms with Gasteiger partial charge in [-0.2, -0.15) is 0 Å². The normalized spacial score (nSPS) is 25.1. The summed E-state index contributed by atoms with van der Waals surface area (Å²) in [6, 6.07) is 8.16. The Morgan fingerprint density at radius 1 is 1.35 bits per heavy atom. The summed E-state index contributed by atoms with van der Waals surface area (Å²) in [5.41, 5.74) is 1.13. The fraction of sp³-hybridized carbons (Fsp3) is 0.571. The highest BCUT2D eigenvalue weighted by Crippen LogP contribution is 2.34. The molecule has 3 nitrogen and oxygen atoms in total. The van der Waals surface area contributed by atoms with Gasteiger partial charge < -0.3 is 14.7 Å². The quantitative estimate of drug-likeness (QED) is 0.861. The molecule has 17 heavy (non-hydrogen) atoms. The summed E-state index contributed by atoms with van der Waals surface area (Å²) in [6.45, 7) is 4.86. The highest BCUT2D eigenvalue weighted by molar-refractivity contribution is 5.34. The number of likely N-dealkylation sites (N-methyl/N-ethyl adjacent to an activating group) is 1. The molecule has 94 valence electrons. The predicted octanol–water partition coefficient (Wildman–Crippen LogP) is 1.65. The van der Waals surface area contributed by atoms with Crippen LogP contribution in [0.25, 0.3) is 0 Å². The van der Waals surface area contributed by atoms with Gasteiger partial charge in [0.25, 0.3) is 0 Å². The zero-order chi connectivity index (χ0) is 12.3. The Morgan fingerprint density at radius 2 is 2.06 bits per heavy atom. The molecular formula is C14H21NO2. The Labute approximate surface area is 103 Å². The Hall–Kier alpha value is -1.06. The molecule has 3 heteroatoms. The van der Waals surface area contributed by atoms with Crippen molar-refractivity contribution < 1.29 is 9.84 Å². The van der Waals surface area contributed by atoms with Crippen LogP contribution >= 0.6 is 0 Å². The largest absolute Gasteiger partial charge is 0.494 e. The third-order valence-electron chi connectivity index (χ3n) is 3.63. The summed E-state index contributed by atoms with van der Waals surface area (Å²) in [4.78, 5) is 2.27. The van der Waals surface area contributed by atoms with Crippen LogP contribution in [-0.4, -0.2) is 43.4 Å². The molecule has 1 heterocycles. The number of aliphatic hydroxyl groups excluding tert-OH is 1. The second-order valence-electron chi connectivity index (χ2n) is 4.88. The van der Waals surface area contributed by atoms with Crippen LogP contribution in [0, 0.1) is 0 Å². The predicted molar refractivity (Wildman–Crippen MR) is 68.5 cm³/mol. The number of aliphatic hydroxyl groups is 1. The van der Waals surface area contributed by atoms with E-state index in [0.717, 1.165) is 25.3 Å². The van der Waals surface area contributed by atoms with E-state index in [4.69, 9.17) is 4.74 Å². The van der Waals surface area contributed by atoms with Crippen LogP contribution < -0.4 is 4.74 Å². The second kappa shape index (κ2) is 5.07. The van der Waals surface area contributed by atoms with Gasteiger partial charge in [-0.05, 0) is 44.6 Å². The lowest BCUT2D eigenvalue weighted by Crippen LogP contribution is -2.33. The Kier molecular flexibility index (Phi) is 3.69. The minimum Gasteiger partial charge on any atom is -0.494 e. The van der Waals surface area contributed by atoms with Gasteiger partial charge in [0, 0.05) is 12.0 Å². The van der Waals surface area contributed by atoms with Crippen molar-refractivity contribution in [2.75, 3.05) is 33.4 Å². The average molecular weight is 235 g/mol. The number of hydrogen-bond donors (Lipinski definition) is 1. The highest BCUT2D eigenvalue weighted by atomic mass is 16.5. The summed E-state index contributed by atoms with van der Waals surface area (Å²) >= 11 is 0. The zero-order valence-corrected chi connectivity index (χ0v) is 10.6. The first-order valence-electron chi connectivity index (χ1n) is 6.23. The zero-order valence-electron chi connectivity index (χ0n) is 10.6. The van der Waals surface area contributed by atoms with Crippen LogP contribution in [0.1, 0.15) is 18.9 Å². The van der Waals surface area contributed by atoms with Crippen molar-refractivity contribution in [3.8, 4) is 5.75 Å². The summed E-state index contributed by atoms with van der Waals surface area (Å²) in [5, 5.41) is 9.70. The third kappa shape index (κ3) is 2.45. The van der Waals surface area contributed by atoms with E-state index >= 15 is 0 Å². The first kappa shape index (κ1) is 12.4. The van der Waals surface area contributed by atoms with E-state index in [0.29, 0.717) is 6.61 Å². The lowest BCUT2D eigenvalue weighted by Gasteiger charge is -2.27. The molecule has 1 N–H and O–H groups in total. The molecule has 0 amide bonds. The van der Waals surface area contributed by atoms with Crippen molar-refractivity contribution in [3.63, 3.8) is 0 Å². The van der Waals surface area contributed by atoms with Crippen LogP contribution in [-0.2, 0) is 5.41 Å². The second-order valence-corrected chi connectivity index (χ2v) is 4.88. The van der Waals surface area contributed by atoms with Crippen LogP contribution in [0.3, 0.4) is 0 Å². The maximum absolute atomic E-state index is 9.70. The number of ether oxygens (including phenoxy) is 1. The van der Waals surface area contributed by atoms with Gasteiger partial charge in [-0.1, -0.05) is 12.1 Å². The van der Waals surface area contributed by atoms with E-state index in [2.05, 4.69) is 24.1 Å². The molecule has 1 fully saturated rings. The Bertz CT molecular complexity index is 363. The molecule has 0 aliphatic carbocycles. The standard InChI is InChI=1S/C14H21NO2/c1-3-17-13-6-4-12(5-7-13)14(11-16)8-9-15(2)10-14/h4-7,16H,3,8-11H2,1-2H3.